The van der Waals surface area contributed by atoms with E-state index in [9.17, 15) is 9.18 Å². The number of benzene rings is 1. The van der Waals surface area contributed by atoms with Crippen LogP contribution in [0.15, 0.2) is 48.8 Å². The summed E-state index contributed by atoms with van der Waals surface area (Å²) in [4.78, 5) is 14.9. The van der Waals surface area contributed by atoms with Crippen LogP contribution in [0.3, 0.4) is 0 Å². The van der Waals surface area contributed by atoms with E-state index in [4.69, 9.17) is 5.10 Å². The van der Waals surface area contributed by atoms with Gasteiger partial charge < -0.3 is 5.32 Å². The molecule has 0 aliphatic heterocycles. The zero-order valence-corrected chi connectivity index (χ0v) is 17.2. The summed E-state index contributed by atoms with van der Waals surface area (Å²) in [6.45, 7) is 2.28. The van der Waals surface area contributed by atoms with Gasteiger partial charge in [-0.1, -0.05) is 19.8 Å². The fourth-order valence-electron chi connectivity index (χ4n) is 3.25. The Balaban J connectivity index is 0.000000461. The van der Waals surface area contributed by atoms with Crippen molar-refractivity contribution >= 4 is 17.9 Å². The van der Waals surface area contributed by atoms with Crippen LogP contribution in [0.1, 0.15) is 38.6 Å². The van der Waals surface area contributed by atoms with Crippen LogP contribution in [-0.2, 0) is 4.79 Å². The topological polar surface area (TPSA) is 77.1 Å². The van der Waals surface area contributed by atoms with E-state index in [0.717, 1.165) is 41.3 Å². The van der Waals surface area contributed by atoms with Crippen molar-refractivity contribution in [1.29, 1.82) is 0 Å². The van der Waals surface area contributed by atoms with Gasteiger partial charge in [-0.2, -0.15) is 10.2 Å². The largest absolute Gasteiger partial charge is 0.312 e. The highest BCUT2D eigenvalue weighted by Crippen LogP contribution is 2.38. The number of aromatic nitrogens is 5. The van der Waals surface area contributed by atoms with Crippen molar-refractivity contribution < 1.29 is 9.18 Å². The zero-order chi connectivity index (χ0) is 21.4. The molecule has 0 bridgehead atoms. The Morgan fingerprint density at radius 3 is 2.42 bits per heavy atom. The minimum atomic E-state index is -0.282. The number of rotatable bonds is 5. The third kappa shape index (κ3) is 4.33. The van der Waals surface area contributed by atoms with Gasteiger partial charge in [0.2, 0.25) is 6.41 Å². The molecule has 3 heterocycles. The summed E-state index contributed by atoms with van der Waals surface area (Å²) in [6.07, 6.45) is 9.41. The molecule has 0 spiro atoms. The van der Waals surface area contributed by atoms with Gasteiger partial charge in [0.1, 0.15) is 11.5 Å². The average molecular weight is 418 g/mol. The molecule has 3 aromatic heterocycles. The quantitative estimate of drug-likeness (QED) is 0.476. The monoisotopic (exact) mass is 418 g/mol. The molecular formula is C23H23FN6O. The Hall–Kier alpha value is -3.55. The Morgan fingerprint density at radius 1 is 1.03 bits per heavy atom. The number of anilines is 1. The molecular weight excluding hydrogens is 395 g/mol. The zero-order valence-electron chi connectivity index (χ0n) is 17.2. The summed E-state index contributed by atoms with van der Waals surface area (Å²) in [6, 6.07) is 10.4. The van der Waals surface area contributed by atoms with Crippen molar-refractivity contribution in [2.24, 2.45) is 5.92 Å². The molecule has 158 valence electrons. The van der Waals surface area contributed by atoms with Gasteiger partial charge in [-0.3, -0.25) is 9.48 Å². The van der Waals surface area contributed by atoms with E-state index < -0.39 is 0 Å². The third-order valence-electron chi connectivity index (χ3n) is 5.44. The van der Waals surface area contributed by atoms with Crippen LogP contribution >= 0.6 is 0 Å². The molecule has 0 unspecified atom stereocenters. The third-order valence-corrected chi connectivity index (χ3v) is 5.44. The molecule has 0 atom stereocenters. The summed E-state index contributed by atoms with van der Waals surface area (Å²) in [7, 11) is 0. The minimum Gasteiger partial charge on any atom is -0.312 e. The van der Waals surface area contributed by atoms with Crippen LogP contribution in [-0.4, -0.2) is 30.8 Å². The number of carbonyl (C=O) groups excluding carboxylic acids is 1. The maximum absolute atomic E-state index is 13.3. The predicted molar refractivity (Wildman–Crippen MR) is 116 cm³/mol. The van der Waals surface area contributed by atoms with Gasteiger partial charge in [-0.05, 0) is 55.2 Å². The molecule has 8 heteroatoms. The summed E-state index contributed by atoms with van der Waals surface area (Å²) in [5.41, 5.74) is 3.82. The number of carbonyl (C=O) groups is 1. The SMILES string of the molecule is CC1CC1.O=CNc1cn2nc(-c3cn(C4CC4)nc3-c3ccc(F)cc3)ccc2n1. The lowest BCUT2D eigenvalue weighted by Gasteiger charge is -2.03. The summed E-state index contributed by atoms with van der Waals surface area (Å²) in [5, 5.41) is 11.9. The van der Waals surface area contributed by atoms with Gasteiger partial charge in [-0.15, -0.1) is 0 Å². The summed E-state index contributed by atoms with van der Waals surface area (Å²) >= 11 is 0. The first-order chi connectivity index (χ1) is 15.1. The van der Waals surface area contributed by atoms with E-state index in [1.54, 1.807) is 22.8 Å². The Bertz CT molecular complexity index is 1220. The molecule has 1 amide bonds. The van der Waals surface area contributed by atoms with Gasteiger partial charge in [0, 0.05) is 17.3 Å². The number of halogens is 1. The summed E-state index contributed by atoms with van der Waals surface area (Å²) < 4.78 is 16.9. The Morgan fingerprint density at radius 2 is 1.77 bits per heavy atom. The molecule has 2 aliphatic carbocycles. The smallest absolute Gasteiger partial charge is 0.212 e. The lowest BCUT2D eigenvalue weighted by Crippen LogP contribution is -1.94. The van der Waals surface area contributed by atoms with E-state index in [1.165, 1.54) is 25.0 Å². The van der Waals surface area contributed by atoms with Gasteiger partial charge in [0.25, 0.3) is 0 Å². The lowest BCUT2D eigenvalue weighted by atomic mass is 10.1. The van der Waals surface area contributed by atoms with Gasteiger partial charge in [0.15, 0.2) is 11.5 Å². The maximum atomic E-state index is 13.3. The second-order valence-electron chi connectivity index (χ2n) is 8.20. The van der Waals surface area contributed by atoms with E-state index in [0.29, 0.717) is 23.9 Å². The maximum Gasteiger partial charge on any atom is 0.212 e. The van der Waals surface area contributed by atoms with Gasteiger partial charge in [-0.25, -0.2) is 13.9 Å². The fraction of sp³-hybridized carbons (Fsp3) is 0.304. The lowest BCUT2D eigenvalue weighted by molar-refractivity contribution is -0.105. The molecule has 7 nitrogen and oxygen atoms in total. The molecule has 2 fully saturated rings. The number of fused-ring (bicyclic) bond motifs is 1. The number of amides is 1. The van der Waals surface area contributed by atoms with Crippen molar-refractivity contribution in [3.05, 3.63) is 54.6 Å². The first kappa shape index (κ1) is 19.4. The fourth-order valence-corrected chi connectivity index (χ4v) is 3.25. The van der Waals surface area contributed by atoms with Crippen molar-refractivity contribution in [3.63, 3.8) is 0 Å². The number of hydrogen-bond donors (Lipinski definition) is 1. The second kappa shape index (κ2) is 7.94. The predicted octanol–water partition coefficient (Wildman–Crippen LogP) is 4.72. The molecule has 4 aromatic rings. The Labute approximate surface area is 178 Å². The number of nitrogens with zero attached hydrogens (tertiary/aromatic N) is 5. The molecule has 2 aliphatic rings. The van der Waals surface area contributed by atoms with Crippen LogP contribution < -0.4 is 5.32 Å². The second-order valence-corrected chi connectivity index (χ2v) is 8.20. The van der Waals surface area contributed by atoms with Crippen molar-refractivity contribution in [2.75, 3.05) is 5.32 Å². The first-order valence-electron chi connectivity index (χ1n) is 10.5. The first-order valence-corrected chi connectivity index (χ1v) is 10.5. The van der Waals surface area contributed by atoms with Gasteiger partial charge >= 0.3 is 0 Å². The van der Waals surface area contributed by atoms with Crippen LogP contribution in [0.5, 0.6) is 0 Å². The van der Waals surface area contributed by atoms with Crippen LogP contribution in [0, 0.1) is 11.7 Å². The normalized spacial score (nSPS) is 15.4. The number of hydrogen-bond acceptors (Lipinski definition) is 4. The minimum absolute atomic E-state index is 0.282. The molecule has 2 saturated carbocycles. The summed E-state index contributed by atoms with van der Waals surface area (Å²) in [5.74, 6) is 1.23. The molecule has 0 radical (unpaired) electrons. The molecule has 1 N–H and O–H groups in total. The number of imidazole rings is 1. The standard InChI is InChI=1S/C19H15FN6O.C4H8/c20-13-3-1-12(2-4-13)19-15(9-25(24-19)14-5-6-14)16-7-8-18-22-17(21-11-27)10-26(18)23-16;1-4-2-3-4/h1-4,7-11,14H,5-6H2,(H,21,27);4H,2-3H2,1H3. The van der Waals surface area contributed by atoms with Crippen LogP contribution in [0.2, 0.25) is 0 Å². The van der Waals surface area contributed by atoms with Crippen molar-refractivity contribution in [1.82, 2.24) is 24.4 Å². The average Bonchev–Trinajstić information content (AvgIpc) is 3.68. The van der Waals surface area contributed by atoms with Crippen molar-refractivity contribution in [3.8, 4) is 22.5 Å². The number of nitrogens with one attached hydrogen (secondary N) is 1. The molecule has 0 saturated heterocycles. The van der Waals surface area contributed by atoms with E-state index in [-0.39, 0.29) is 5.82 Å². The van der Waals surface area contributed by atoms with E-state index >= 15 is 0 Å². The van der Waals surface area contributed by atoms with E-state index in [1.807, 2.05) is 23.0 Å². The highest BCUT2D eigenvalue weighted by Gasteiger charge is 2.27. The van der Waals surface area contributed by atoms with Crippen LogP contribution in [0.4, 0.5) is 10.2 Å². The van der Waals surface area contributed by atoms with Crippen molar-refractivity contribution in [2.45, 2.75) is 38.6 Å². The highest BCUT2D eigenvalue weighted by molar-refractivity contribution is 5.79. The molecule has 1 aromatic carbocycles. The molecule has 31 heavy (non-hydrogen) atoms. The van der Waals surface area contributed by atoms with Gasteiger partial charge in [0.05, 0.1) is 17.9 Å². The van der Waals surface area contributed by atoms with Crippen LogP contribution in [0.25, 0.3) is 28.2 Å². The Kier molecular flexibility index (Phi) is 4.97. The molecule has 6 rings (SSSR count). The highest BCUT2D eigenvalue weighted by atomic mass is 19.1. The van der Waals surface area contributed by atoms with E-state index in [2.05, 4.69) is 22.3 Å².